The normalized spacial score (nSPS) is 23.5. The van der Waals surface area contributed by atoms with E-state index in [2.05, 4.69) is 28.2 Å². The Bertz CT molecular complexity index is 394. The van der Waals surface area contributed by atoms with E-state index in [4.69, 9.17) is 0 Å². The van der Waals surface area contributed by atoms with Gasteiger partial charge in [-0.3, -0.25) is 0 Å². The molecule has 1 aliphatic carbocycles. The van der Waals surface area contributed by atoms with Crippen molar-refractivity contribution < 1.29 is 4.39 Å². The van der Waals surface area contributed by atoms with Gasteiger partial charge in [0.2, 0.25) is 0 Å². The number of hydrogen-bond donors (Lipinski definition) is 1. The molecule has 1 aliphatic rings. The molecule has 1 nitrogen and oxygen atoms in total. The highest BCUT2D eigenvalue weighted by Crippen LogP contribution is 2.34. The highest BCUT2D eigenvalue weighted by atomic mass is 79.9. The van der Waals surface area contributed by atoms with Crippen molar-refractivity contribution in [3.63, 3.8) is 0 Å². The zero-order valence-electron chi connectivity index (χ0n) is 10.9. The Hall–Kier alpha value is -0.410. The van der Waals surface area contributed by atoms with Crippen molar-refractivity contribution in [1.29, 1.82) is 0 Å². The molecule has 0 amide bonds. The molecule has 1 N–H and O–H groups in total. The standard InChI is InChI=1S/C15H21BrFN/c1-2-18-10-13-5-3-4-12(13)8-11-6-7-15(17)14(16)9-11/h6-7,9,12-13,18H,2-5,8,10H2,1H3. The molecule has 2 rings (SSSR count). The summed E-state index contributed by atoms with van der Waals surface area (Å²) in [5, 5.41) is 3.46. The number of halogens is 2. The van der Waals surface area contributed by atoms with E-state index in [0.29, 0.717) is 4.47 Å². The van der Waals surface area contributed by atoms with Crippen LogP contribution >= 0.6 is 15.9 Å². The van der Waals surface area contributed by atoms with Gasteiger partial charge >= 0.3 is 0 Å². The van der Waals surface area contributed by atoms with E-state index in [-0.39, 0.29) is 5.82 Å². The topological polar surface area (TPSA) is 12.0 Å². The third kappa shape index (κ3) is 3.55. The first-order chi connectivity index (χ1) is 8.70. The van der Waals surface area contributed by atoms with Crippen molar-refractivity contribution in [1.82, 2.24) is 5.32 Å². The predicted molar refractivity (Wildman–Crippen MR) is 77.2 cm³/mol. The summed E-state index contributed by atoms with van der Waals surface area (Å²) in [5.41, 5.74) is 1.25. The highest BCUT2D eigenvalue weighted by Gasteiger charge is 2.26. The van der Waals surface area contributed by atoms with Crippen molar-refractivity contribution in [2.75, 3.05) is 13.1 Å². The SMILES string of the molecule is CCNCC1CCCC1Cc1ccc(F)c(Br)c1. The first-order valence-corrected chi connectivity index (χ1v) is 7.64. The number of nitrogens with one attached hydrogen (secondary N) is 1. The van der Waals surface area contributed by atoms with Crippen LogP contribution in [0.15, 0.2) is 22.7 Å². The lowest BCUT2D eigenvalue weighted by Crippen LogP contribution is -2.25. The monoisotopic (exact) mass is 313 g/mol. The summed E-state index contributed by atoms with van der Waals surface area (Å²) in [7, 11) is 0. The molecular weight excluding hydrogens is 293 g/mol. The van der Waals surface area contributed by atoms with E-state index in [1.54, 1.807) is 6.07 Å². The van der Waals surface area contributed by atoms with Crippen molar-refractivity contribution >= 4 is 15.9 Å². The van der Waals surface area contributed by atoms with Crippen molar-refractivity contribution in [2.45, 2.75) is 32.6 Å². The Labute approximate surface area is 117 Å². The number of benzene rings is 1. The molecule has 2 unspecified atom stereocenters. The van der Waals surface area contributed by atoms with E-state index in [1.807, 2.05) is 12.1 Å². The average molecular weight is 314 g/mol. The van der Waals surface area contributed by atoms with Crippen molar-refractivity contribution in [2.24, 2.45) is 11.8 Å². The molecule has 1 aromatic rings. The Morgan fingerprint density at radius 1 is 1.33 bits per heavy atom. The van der Waals surface area contributed by atoms with Crippen molar-refractivity contribution in [3.05, 3.63) is 34.1 Å². The van der Waals surface area contributed by atoms with E-state index >= 15 is 0 Å². The minimum Gasteiger partial charge on any atom is -0.317 e. The largest absolute Gasteiger partial charge is 0.317 e. The zero-order chi connectivity index (χ0) is 13.0. The van der Waals surface area contributed by atoms with Crippen LogP contribution in [0.1, 0.15) is 31.7 Å². The van der Waals surface area contributed by atoms with Crippen LogP contribution in [-0.4, -0.2) is 13.1 Å². The van der Waals surface area contributed by atoms with Crippen LogP contribution in [0.2, 0.25) is 0 Å². The van der Waals surface area contributed by atoms with Crippen LogP contribution in [0.25, 0.3) is 0 Å². The maximum atomic E-state index is 13.2. The highest BCUT2D eigenvalue weighted by molar-refractivity contribution is 9.10. The molecule has 18 heavy (non-hydrogen) atoms. The zero-order valence-corrected chi connectivity index (χ0v) is 12.5. The molecule has 0 bridgehead atoms. The third-order valence-electron chi connectivity index (χ3n) is 3.95. The van der Waals surface area contributed by atoms with Crippen molar-refractivity contribution in [3.8, 4) is 0 Å². The Balaban J connectivity index is 1.96. The third-order valence-corrected chi connectivity index (χ3v) is 4.56. The quantitative estimate of drug-likeness (QED) is 0.860. The van der Waals surface area contributed by atoms with E-state index in [0.717, 1.165) is 31.3 Å². The summed E-state index contributed by atoms with van der Waals surface area (Å²) < 4.78 is 13.8. The van der Waals surface area contributed by atoms with Gasteiger partial charge in [-0.05, 0) is 77.8 Å². The molecule has 100 valence electrons. The molecule has 2 atom stereocenters. The van der Waals surface area contributed by atoms with Gasteiger partial charge in [0, 0.05) is 0 Å². The van der Waals surface area contributed by atoms with Crippen LogP contribution in [-0.2, 0) is 6.42 Å². The summed E-state index contributed by atoms with van der Waals surface area (Å²) in [4.78, 5) is 0. The fourth-order valence-corrected chi connectivity index (χ4v) is 3.38. The van der Waals surface area contributed by atoms with Gasteiger partial charge in [-0.25, -0.2) is 4.39 Å². The Morgan fingerprint density at radius 2 is 2.11 bits per heavy atom. The van der Waals surface area contributed by atoms with Crippen LogP contribution in [0.3, 0.4) is 0 Å². The van der Waals surface area contributed by atoms with Crippen LogP contribution < -0.4 is 5.32 Å². The van der Waals surface area contributed by atoms with Crippen LogP contribution in [0, 0.1) is 17.7 Å². The van der Waals surface area contributed by atoms with Gasteiger partial charge in [0.1, 0.15) is 5.82 Å². The molecule has 0 heterocycles. The van der Waals surface area contributed by atoms with Gasteiger partial charge < -0.3 is 5.32 Å². The van der Waals surface area contributed by atoms with E-state index < -0.39 is 0 Å². The molecule has 0 radical (unpaired) electrons. The summed E-state index contributed by atoms with van der Waals surface area (Å²) in [6, 6.07) is 5.41. The lowest BCUT2D eigenvalue weighted by atomic mass is 9.89. The molecule has 1 aromatic carbocycles. The fourth-order valence-electron chi connectivity index (χ4n) is 2.95. The molecule has 3 heteroatoms. The first kappa shape index (κ1) is 14.0. The molecule has 0 aliphatic heterocycles. The van der Waals surface area contributed by atoms with Gasteiger partial charge in [0.05, 0.1) is 4.47 Å². The molecular formula is C15H21BrFN. The average Bonchev–Trinajstić information content (AvgIpc) is 2.79. The van der Waals surface area contributed by atoms with Crippen LogP contribution in [0.4, 0.5) is 4.39 Å². The van der Waals surface area contributed by atoms with Gasteiger partial charge in [0.25, 0.3) is 0 Å². The second-order valence-electron chi connectivity index (χ2n) is 5.21. The minimum absolute atomic E-state index is 0.172. The lowest BCUT2D eigenvalue weighted by Gasteiger charge is -2.20. The maximum absolute atomic E-state index is 13.2. The maximum Gasteiger partial charge on any atom is 0.137 e. The van der Waals surface area contributed by atoms with E-state index in [9.17, 15) is 4.39 Å². The summed E-state index contributed by atoms with van der Waals surface area (Å²) in [6.07, 6.45) is 5.06. The fraction of sp³-hybridized carbons (Fsp3) is 0.600. The summed E-state index contributed by atoms with van der Waals surface area (Å²) in [6.45, 7) is 4.33. The summed E-state index contributed by atoms with van der Waals surface area (Å²) in [5.74, 6) is 1.37. The predicted octanol–water partition coefficient (Wildman–Crippen LogP) is 4.16. The Morgan fingerprint density at radius 3 is 2.83 bits per heavy atom. The molecule has 0 spiro atoms. The van der Waals surface area contributed by atoms with Gasteiger partial charge in [-0.15, -0.1) is 0 Å². The minimum atomic E-state index is -0.172. The molecule has 1 saturated carbocycles. The van der Waals surface area contributed by atoms with Crippen LogP contribution in [0.5, 0.6) is 0 Å². The lowest BCUT2D eigenvalue weighted by molar-refractivity contribution is 0.368. The second-order valence-corrected chi connectivity index (χ2v) is 6.07. The van der Waals surface area contributed by atoms with Gasteiger partial charge in [-0.2, -0.15) is 0 Å². The Kier molecular flexibility index (Phi) is 5.19. The second kappa shape index (κ2) is 6.67. The first-order valence-electron chi connectivity index (χ1n) is 6.85. The smallest absolute Gasteiger partial charge is 0.137 e. The van der Waals surface area contributed by atoms with Gasteiger partial charge in [0.15, 0.2) is 0 Å². The van der Waals surface area contributed by atoms with E-state index in [1.165, 1.54) is 24.8 Å². The number of rotatable bonds is 5. The molecule has 0 saturated heterocycles. The number of hydrogen-bond acceptors (Lipinski definition) is 1. The van der Waals surface area contributed by atoms with Gasteiger partial charge in [-0.1, -0.05) is 19.4 Å². The summed E-state index contributed by atoms with van der Waals surface area (Å²) >= 11 is 3.27. The molecule has 1 fully saturated rings. The molecule has 0 aromatic heterocycles.